The number of aromatic nitrogens is 4. The zero-order valence-electron chi connectivity index (χ0n) is 29.1. The van der Waals surface area contributed by atoms with Gasteiger partial charge in [-0.3, -0.25) is 4.98 Å². The van der Waals surface area contributed by atoms with Crippen molar-refractivity contribution in [3.63, 3.8) is 0 Å². The van der Waals surface area contributed by atoms with Crippen molar-refractivity contribution >= 4 is 65.2 Å². The molecule has 4 heteroatoms. The molecule has 0 amide bonds. The van der Waals surface area contributed by atoms with E-state index in [1.807, 2.05) is 12.3 Å². The number of benzene rings is 7. The molecule has 250 valence electrons. The van der Waals surface area contributed by atoms with Gasteiger partial charge in [0.05, 0.1) is 39.1 Å². The van der Waals surface area contributed by atoms with Gasteiger partial charge >= 0.3 is 0 Å². The summed E-state index contributed by atoms with van der Waals surface area (Å²) in [7, 11) is 0. The van der Waals surface area contributed by atoms with Gasteiger partial charge in [-0.2, -0.15) is 0 Å². The first-order valence-corrected chi connectivity index (χ1v) is 18.2. The van der Waals surface area contributed by atoms with E-state index in [0.717, 1.165) is 99.3 Å². The Bertz CT molecular complexity index is 3290. The summed E-state index contributed by atoms with van der Waals surface area (Å²) in [6, 6.07) is 62.0. The Balaban J connectivity index is 0.934. The fraction of sp³-hybridized carbons (Fsp3) is 0. The van der Waals surface area contributed by atoms with Crippen LogP contribution < -0.4 is 0 Å². The average molecular weight is 687 g/mol. The summed E-state index contributed by atoms with van der Waals surface area (Å²) < 4.78 is 0. The highest BCUT2D eigenvalue weighted by Gasteiger charge is 2.14. The molecule has 0 bridgehead atoms. The standard InChI is InChI=1S/C50H30N4/c1-2-10-38-31(7-1)8-5-13-41(38)46-26-19-36-29-34(17-23-44(36)52-46)35-18-24-45-37(30-35)20-27-47(53-45)42-21-22-43(40-12-4-3-11-39(40)42)48-25-16-33-15-14-32-9-6-28-51-49(32)50(33)54-48/h1-30H. The maximum absolute atomic E-state index is 5.18. The maximum Gasteiger partial charge on any atom is 0.0972 e. The van der Waals surface area contributed by atoms with E-state index in [1.54, 1.807) is 0 Å². The highest BCUT2D eigenvalue weighted by molar-refractivity contribution is 6.07. The minimum Gasteiger partial charge on any atom is -0.254 e. The molecule has 0 aliphatic rings. The van der Waals surface area contributed by atoms with Gasteiger partial charge in [0.15, 0.2) is 0 Å². The van der Waals surface area contributed by atoms with Crippen LogP contribution in [-0.4, -0.2) is 19.9 Å². The molecule has 54 heavy (non-hydrogen) atoms. The van der Waals surface area contributed by atoms with Crippen LogP contribution in [0.15, 0.2) is 182 Å². The van der Waals surface area contributed by atoms with Gasteiger partial charge in [0.1, 0.15) is 0 Å². The number of rotatable bonds is 4. The Morgan fingerprint density at radius 3 is 1.46 bits per heavy atom. The highest BCUT2D eigenvalue weighted by atomic mass is 14.8. The Hall–Kier alpha value is -7.30. The van der Waals surface area contributed by atoms with Gasteiger partial charge < -0.3 is 0 Å². The summed E-state index contributed by atoms with van der Waals surface area (Å²) in [5.74, 6) is 0. The van der Waals surface area contributed by atoms with Gasteiger partial charge in [0.2, 0.25) is 0 Å². The third kappa shape index (κ3) is 5.00. The van der Waals surface area contributed by atoms with E-state index in [-0.39, 0.29) is 0 Å². The topological polar surface area (TPSA) is 51.6 Å². The Morgan fingerprint density at radius 2 is 0.796 bits per heavy atom. The SMILES string of the molecule is c1ccc2c(-c3ccc4cc(-c5ccc6nc(-c7ccc(-c8ccc9ccc%10cccnc%10c9n8)c8ccccc78)ccc6c5)ccc4n3)cccc2c1. The molecule has 0 saturated heterocycles. The first kappa shape index (κ1) is 30.3. The molecule has 4 aromatic heterocycles. The van der Waals surface area contributed by atoms with Crippen LogP contribution in [0.25, 0.3) is 110 Å². The summed E-state index contributed by atoms with van der Waals surface area (Å²) in [6.45, 7) is 0. The molecule has 11 rings (SSSR count). The van der Waals surface area contributed by atoms with Crippen LogP contribution in [0.2, 0.25) is 0 Å². The van der Waals surface area contributed by atoms with Crippen molar-refractivity contribution in [2.75, 3.05) is 0 Å². The van der Waals surface area contributed by atoms with Crippen LogP contribution in [0.1, 0.15) is 0 Å². The van der Waals surface area contributed by atoms with E-state index in [4.69, 9.17) is 15.0 Å². The second-order valence-corrected chi connectivity index (χ2v) is 13.8. The lowest BCUT2D eigenvalue weighted by Gasteiger charge is -2.13. The second-order valence-electron chi connectivity index (χ2n) is 13.8. The molecule has 0 fully saturated rings. The number of pyridine rings is 4. The minimum atomic E-state index is 0.917. The first-order valence-electron chi connectivity index (χ1n) is 18.2. The van der Waals surface area contributed by atoms with Crippen molar-refractivity contribution in [1.29, 1.82) is 0 Å². The first-order chi connectivity index (χ1) is 26.7. The van der Waals surface area contributed by atoms with E-state index in [0.29, 0.717) is 0 Å². The average Bonchev–Trinajstić information content (AvgIpc) is 3.25. The van der Waals surface area contributed by atoms with Gasteiger partial charge in [-0.1, -0.05) is 127 Å². The lowest BCUT2D eigenvalue weighted by molar-refractivity contribution is 1.37. The van der Waals surface area contributed by atoms with Crippen LogP contribution in [0.5, 0.6) is 0 Å². The molecule has 0 atom stereocenters. The van der Waals surface area contributed by atoms with Gasteiger partial charge in [-0.25, -0.2) is 15.0 Å². The highest BCUT2D eigenvalue weighted by Crippen LogP contribution is 2.37. The molecular formula is C50H30N4. The molecule has 0 unspecified atom stereocenters. The summed E-state index contributed by atoms with van der Waals surface area (Å²) in [5, 5.41) is 9.10. The summed E-state index contributed by atoms with van der Waals surface area (Å²) in [6.07, 6.45) is 1.83. The Labute approximate surface area is 311 Å². The number of hydrogen-bond donors (Lipinski definition) is 0. The largest absolute Gasteiger partial charge is 0.254 e. The molecule has 4 heterocycles. The van der Waals surface area contributed by atoms with Crippen molar-refractivity contribution in [1.82, 2.24) is 19.9 Å². The van der Waals surface area contributed by atoms with Crippen molar-refractivity contribution in [2.24, 2.45) is 0 Å². The minimum absolute atomic E-state index is 0.917. The molecule has 0 spiro atoms. The van der Waals surface area contributed by atoms with Gasteiger partial charge in [-0.15, -0.1) is 0 Å². The van der Waals surface area contributed by atoms with E-state index in [9.17, 15) is 0 Å². The Morgan fingerprint density at radius 1 is 0.296 bits per heavy atom. The van der Waals surface area contributed by atoms with Gasteiger partial charge in [0, 0.05) is 44.4 Å². The van der Waals surface area contributed by atoms with Crippen LogP contribution in [0.3, 0.4) is 0 Å². The quantitative estimate of drug-likeness (QED) is 0.173. The van der Waals surface area contributed by atoms with E-state index in [1.165, 1.54) is 10.8 Å². The smallest absolute Gasteiger partial charge is 0.0972 e. The van der Waals surface area contributed by atoms with Crippen LogP contribution >= 0.6 is 0 Å². The third-order valence-electron chi connectivity index (χ3n) is 10.7. The zero-order chi connectivity index (χ0) is 35.6. The van der Waals surface area contributed by atoms with Crippen molar-refractivity contribution in [3.8, 4) is 44.9 Å². The molecule has 7 aromatic carbocycles. The molecule has 0 aliphatic carbocycles. The monoisotopic (exact) mass is 686 g/mol. The maximum atomic E-state index is 5.18. The van der Waals surface area contributed by atoms with E-state index in [2.05, 4.69) is 175 Å². The second kappa shape index (κ2) is 12.1. The molecule has 4 nitrogen and oxygen atoms in total. The fourth-order valence-electron chi connectivity index (χ4n) is 7.98. The molecular weight excluding hydrogens is 657 g/mol. The van der Waals surface area contributed by atoms with Gasteiger partial charge in [0.25, 0.3) is 0 Å². The lowest BCUT2D eigenvalue weighted by atomic mass is 9.95. The Kier molecular flexibility index (Phi) is 6.82. The van der Waals surface area contributed by atoms with Crippen LogP contribution in [0.4, 0.5) is 0 Å². The number of nitrogens with zero attached hydrogens (tertiary/aromatic N) is 4. The predicted molar refractivity (Wildman–Crippen MR) is 224 cm³/mol. The number of hydrogen-bond acceptors (Lipinski definition) is 4. The fourth-order valence-corrected chi connectivity index (χ4v) is 7.98. The van der Waals surface area contributed by atoms with Crippen molar-refractivity contribution < 1.29 is 0 Å². The molecule has 0 aliphatic heterocycles. The molecule has 11 aromatic rings. The molecule has 0 radical (unpaired) electrons. The van der Waals surface area contributed by atoms with Crippen molar-refractivity contribution in [3.05, 3.63) is 182 Å². The molecule has 0 N–H and O–H groups in total. The summed E-state index contributed by atoms with van der Waals surface area (Å²) in [5.41, 5.74) is 12.3. The van der Waals surface area contributed by atoms with Crippen LogP contribution in [-0.2, 0) is 0 Å². The number of fused-ring (bicyclic) bond motifs is 7. The van der Waals surface area contributed by atoms with Crippen LogP contribution in [0, 0.1) is 0 Å². The zero-order valence-corrected chi connectivity index (χ0v) is 29.1. The van der Waals surface area contributed by atoms with Crippen molar-refractivity contribution in [2.45, 2.75) is 0 Å². The summed E-state index contributed by atoms with van der Waals surface area (Å²) >= 11 is 0. The predicted octanol–water partition coefficient (Wildman–Crippen LogP) is 12.9. The normalized spacial score (nSPS) is 11.7. The summed E-state index contributed by atoms with van der Waals surface area (Å²) in [4.78, 5) is 20.1. The van der Waals surface area contributed by atoms with E-state index >= 15 is 0 Å². The van der Waals surface area contributed by atoms with Gasteiger partial charge in [-0.05, 0) is 81.2 Å². The van der Waals surface area contributed by atoms with E-state index < -0.39 is 0 Å². The lowest BCUT2D eigenvalue weighted by Crippen LogP contribution is -1.92. The molecule has 0 saturated carbocycles. The third-order valence-corrected chi connectivity index (χ3v) is 10.7.